The molecular formula is C16H13ClN2OS2. The van der Waals surface area contributed by atoms with E-state index in [9.17, 15) is 4.79 Å². The molecule has 1 N–H and O–H groups in total. The molecule has 2 aromatic carbocycles. The van der Waals surface area contributed by atoms with E-state index in [4.69, 9.17) is 11.6 Å². The van der Waals surface area contributed by atoms with Crippen LogP contribution in [0.15, 0.2) is 46.8 Å². The smallest absolute Gasteiger partial charge is 0.234 e. The summed E-state index contributed by atoms with van der Waals surface area (Å²) in [6.07, 6.45) is 0. The van der Waals surface area contributed by atoms with Gasteiger partial charge in [-0.1, -0.05) is 41.6 Å². The predicted molar refractivity (Wildman–Crippen MR) is 95.2 cm³/mol. The van der Waals surface area contributed by atoms with Crippen molar-refractivity contribution >= 4 is 56.5 Å². The van der Waals surface area contributed by atoms with Crippen molar-refractivity contribution < 1.29 is 4.79 Å². The summed E-state index contributed by atoms with van der Waals surface area (Å²) in [5, 5.41) is 3.54. The topological polar surface area (TPSA) is 42.0 Å². The molecule has 6 heteroatoms. The van der Waals surface area contributed by atoms with Gasteiger partial charge in [0.1, 0.15) is 0 Å². The van der Waals surface area contributed by atoms with E-state index in [0.29, 0.717) is 10.8 Å². The van der Waals surface area contributed by atoms with Gasteiger partial charge in [0.15, 0.2) is 4.34 Å². The first-order chi connectivity index (χ1) is 10.6. The number of halogens is 1. The average Bonchev–Trinajstić information content (AvgIpc) is 2.93. The summed E-state index contributed by atoms with van der Waals surface area (Å²) in [7, 11) is 0. The fourth-order valence-electron chi connectivity index (χ4n) is 1.97. The molecule has 1 aromatic heterocycles. The molecule has 0 atom stereocenters. The fraction of sp³-hybridized carbons (Fsp3) is 0.125. The van der Waals surface area contributed by atoms with Gasteiger partial charge in [-0.05, 0) is 36.8 Å². The van der Waals surface area contributed by atoms with Crippen LogP contribution in [0, 0.1) is 6.92 Å². The molecule has 0 unspecified atom stereocenters. The van der Waals surface area contributed by atoms with Crippen LogP contribution in [0.25, 0.3) is 10.2 Å². The number of rotatable bonds is 4. The van der Waals surface area contributed by atoms with Crippen molar-refractivity contribution in [1.29, 1.82) is 0 Å². The second kappa shape index (κ2) is 6.69. The first-order valence-electron chi connectivity index (χ1n) is 6.67. The third kappa shape index (κ3) is 3.43. The molecule has 112 valence electrons. The first kappa shape index (κ1) is 15.3. The maximum atomic E-state index is 12.1. The predicted octanol–water partition coefficient (Wildman–Crippen LogP) is 4.99. The zero-order valence-electron chi connectivity index (χ0n) is 11.8. The van der Waals surface area contributed by atoms with E-state index in [1.807, 2.05) is 49.4 Å². The summed E-state index contributed by atoms with van der Waals surface area (Å²) in [4.78, 5) is 16.6. The number of carbonyl (C=O) groups excluding carboxylic acids is 1. The Kier molecular flexibility index (Phi) is 4.66. The zero-order valence-corrected chi connectivity index (χ0v) is 14.2. The Morgan fingerprint density at radius 3 is 2.91 bits per heavy atom. The van der Waals surface area contributed by atoms with E-state index in [0.717, 1.165) is 25.8 Å². The van der Waals surface area contributed by atoms with Crippen LogP contribution in [0.4, 0.5) is 5.69 Å². The Labute approximate surface area is 141 Å². The minimum atomic E-state index is -0.0605. The second-order valence-electron chi connectivity index (χ2n) is 4.70. The third-order valence-electron chi connectivity index (χ3n) is 3.14. The van der Waals surface area contributed by atoms with E-state index in [-0.39, 0.29) is 5.91 Å². The van der Waals surface area contributed by atoms with Crippen molar-refractivity contribution in [3.8, 4) is 0 Å². The standard InChI is InChI=1S/C16H13ClN2OS2/c1-10-11(17)5-4-7-12(10)18-15(20)9-21-16-19-13-6-2-3-8-14(13)22-16/h2-8H,9H2,1H3,(H,18,20). The van der Waals surface area contributed by atoms with Crippen LogP contribution < -0.4 is 5.32 Å². The highest BCUT2D eigenvalue weighted by Crippen LogP contribution is 2.29. The molecule has 3 rings (SSSR count). The number of thioether (sulfide) groups is 1. The van der Waals surface area contributed by atoms with Crippen molar-refractivity contribution in [3.63, 3.8) is 0 Å². The summed E-state index contributed by atoms with van der Waals surface area (Å²) in [6.45, 7) is 1.89. The third-order valence-corrected chi connectivity index (χ3v) is 5.73. The molecule has 3 nitrogen and oxygen atoms in total. The number of carbonyl (C=O) groups is 1. The molecule has 0 bridgehead atoms. The van der Waals surface area contributed by atoms with Gasteiger partial charge in [-0.15, -0.1) is 11.3 Å². The second-order valence-corrected chi connectivity index (χ2v) is 7.36. The van der Waals surface area contributed by atoms with E-state index in [1.54, 1.807) is 11.3 Å². The summed E-state index contributed by atoms with van der Waals surface area (Å²) in [6, 6.07) is 13.4. The number of nitrogens with zero attached hydrogens (tertiary/aromatic N) is 1. The SMILES string of the molecule is Cc1c(Cl)cccc1NC(=O)CSc1nc2ccccc2s1. The van der Waals surface area contributed by atoms with Crippen molar-refractivity contribution in [1.82, 2.24) is 4.98 Å². The lowest BCUT2D eigenvalue weighted by Gasteiger charge is -2.08. The molecule has 0 spiro atoms. The molecule has 0 fully saturated rings. The number of thiazole rings is 1. The molecule has 0 radical (unpaired) electrons. The molecular weight excluding hydrogens is 336 g/mol. The fourth-order valence-corrected chi connectivity index (χ4v) is 4.01. The van der Waals surface area contributed by atoms with E-state index < -0.39 is 0 Å². The zero-order chi connectivity index (χ0) is 15.5. The molecule has 0 saturated carbocycles. The van der Waals surface area contributed by atoms with Gasteiger partial charge in [-0.3, -0.25) is 4.79 Å². The number of fused-ring (bicyclic) bond motifs is 1. The van der Waals surface area contributed by atoms with Gasteiger partial charge in [0.25, 0.3) is 0 Å². The Bertz CT molecular complexity index is 799. The normalized spacial score (nSPS) is 10.8. The Morgan fingerprint density at radius 2 is 2.09 bits per heavy atom. The van der Waals surface area contributed by atoms with Crippen molar-refractivity contribution in [2.45, 2.75) is 11.3 Å². The molecule has 0 aliphatic carbocycles. The minimum Gasteiger partial charge on any atom is -0.325 e. The first-order valence-corrected chi connectivity index (χ1v) is 8.85. The number of aromatic nitrogens is 1. The lowest BCUT2D eigenvalue weighted by Crippen LogP contribution is -2.14. The maximum absolute atomic E-state index is 12.1. The minimum absolute atomic E-state index is 0.0605. The number of nitrogens with one attached hydrogen (secondary N) is 1. The quantitative estimate of drug-likeness (QED) is 0.675. The molecule has 0 aliphatic rings. The largest absolute Gasteiger partial charge is 0.325 e. The average molecular weight is 349 g/mol. The Hall–Kier alpha value is -1.56. The van der Waals surface area contributed by atoms with Gasteiger partial charge in [-0.2, -0.15) is 0 Å². The van der Waals surface area contributed by atoms with Crippen molar-refractivity contribution in [2.24, 2.45) is 0 Å². The van der Waals surface area contributed by atoms with Gasteiger partial charge in [-0.25, -0.2) is 4.98 Å². The highest BCUT2D eigenvalue weighted by molar-refractivity contribution is 8.01. The van der Waals surface area contributed by atoms with E-state index >= 15 is 0 Å². The van der Waals surface area contributed by atoms with Crippen LogP contribution in [-0.2, 0) is 4.79 Å². The van der Waals surface area contributed by atoms with Gasteiger partial charge in [0.05, 0.1) is 16.0 Å². The number of anilines is 1. The van der Waals surface area contributed by atoms with Gasteiger partial charge in [0, 0.05) is 10.7 Å². The number of amides is 1. The lowest BCUT2D eigenvalue weighted by molar-refractivity contribution is -0.113. The molecule has 3 aromatic rings. The molecule has 0 saturated heterocycles. The highest BCUT2D eigenvalue weighted by atomic mass is 35.5. The summed E-state index contributed by atoms with van der Waals surface area (Å²) >= 11 is 9.10. The molecule has 22 heavy (non-hydrogen) atoms. The number of hydrogen-bond donors (Lipinski definition) is 1. The maximum Gasteiger partial charge on any atom is 0.234 e. The Morgan fingerprint density at radius 1 is 1.27 bits per heavy atom. The summed E-state index contributed by atoms with van der Waals surface area (Å²) in [5.74, 6) is 0.265. The lowest BCUT2D eigenvalue weighted by atomic mass is 10.2. The molecule has 1 amide bonds. The van der Waals surface area contributed by atoms with Crippen LogP contribution in [0.2, 0.25) is 5.02 Å². The number of benzene rings is 2. The van der Waals surface area contributed by atoms with Crippen molar-refractivity contribution in [2.75, 3.05) is 11.1 Å². The van der Waals surface area contributed by atoms with E-state index in [2.05, 4.69) is 10.3 Å². The van der Waals surface area contributed by atoms with Crippen LogP contribution in [-0.4, -0.2) is 16.6 Å². The highest BCUT2D eigenvalue weighted by Gasteiger charge is 2.09. The van der Waals surface area contributed by atoms with Crippen LogP contribution in [0.1, 0.15) is 5.56 Å². The van der Waals surface area contributed by atoms with Gasteiger partial charge >= 0.3 is 0 Å². The van der Waals surface area contributed by atoms with Crippen LogP contribution in [0.5, 0.6) is 0 Å². The number of hydrogen-bond acceptors (Lipinski definition) is 4. The van der Waals surface area contributed by atoms with Gasteiger partial charge < -0.3 is 5.32 Å². The van der Waals surface area contributed by atoms with Crippen LogP contribution in [0.3, 0.4) is 0 Å². The molecule has 0 aliphatic heterocycles. The molecule has 1 heterocycles. The summed E-state index contributed by atoms with van der Waals surface area (Å²) < 4.78 is 2.04. The van der Waals surface area contributed by atoms with Crippen LogP contribution >= 0.6 is 34.7 Å². The van der Waals surface area contributed by atoms with E-state index in [1.165, 1.54) is 11.8 Å². The monoisotopic (exact) mass is 348 g/mol. The number of para-hydroxylation sites is 1. The van der Waals surface area contributed by atoms with Crippen molar-refractivity contribution in [3.05, 3.63) is 53.1 Å². The summed E-state index contributed by atoms with van der Waals surface area (Å²) in [5.41, 5.74) is 2.60. The van der Waals surface area contributed by atoms with Gasteiger partial charge in [0.2, 0.25) is 5.91 Å². The Balaban J connectivity index is 1.63.